The maximum absolute atomic E-state index is 12.1. The van der Waals surface area contributed by atoms with E-state index >= 15 is 0 Å². The summed E-state index contributed by atoms with van der Waals surface area (Å²) in [7, 11) is 0. The second kappa shape index (κ2) is 8.89. The van der Waals surface area contributed by atoms with Gasteiger partial charge in [-0.25, -0.2) is 0 Å². The van der Waals surface area contributed by atoms with E-state index in [1.165, 1.54) is 0 Å². The Morgan fingerprint density at radius 1 is 0.724 bits per heavy atom. The quantitative estimate of drug-likeness (QED) is 0.679. The molecule has 0 amide bonds. The lowest BCUT2D eigenvalue weighted by molar-refractivity contribution is -0.107. The normalized spacial score (nSPS) is 17.6. The Bertz CT molecular complexity index is 840. The van der Waals surface area contributed by atoms with Gasteiger partial charge in [-0.05, 0) is 16.7 Å². The van der Waals surface area contributed by atoms with Crippen LogP contribution in [0.4, 0.5) is 0 Å². The summed E-state index contributed by atoms with van der Waals surface area (Å²) in [4.78, 5) is 2.21. The Hall–Kier alpha value is -2.50. The number of hydrogen-bond donors (Lipinski definition) is 2. The van der Waals surface area contributed by atoms with Crippen LogP contribution in [0.15, 0.2) is 91.0 Å². The van der Waals surface area contributed by atoms with Crippen LogP contribution in [0.25, 0.3) is 0 Å². The highest BCUT2D eigenvalue weighted by molar-refractivity contribution is 5.39. The molecule has 0 aromatic heterocycles. The lowest BCUT2D eigenvalue weighted by Crippen LogP contribution is -2.52. The molecule has 1 aliphatic rings. The Labute approximate surface area is 172 Å². The summed E-state index contributed by atoms with van der Waals surface area (Å²) in [6.07, 6.45) is -1.08. The SMILES string of the molecule is OC(C(c1ccccc1)N1CCOCC1)C(O)(c1ccccc1)c1ccccc1. The van der Waals surface area contributed by atoms with Gasteiger partial charge in [-0.3, -0.25) is 4.90 Å². The summed E-state index contributed by atoms with van der Waals surface area (Å²) < 4.78 is 5.53. The Kier molecular flexibility index (Phi) is 6.07. The summed E-state index contributed by atoms with van der Waals surface area (Å²) in [5.74, 6) is 0. The summed E-state index contributed by atoms with van der Waals surface area (Å²) in [5, 5.41) is 23.9. The molecule has 1 saturated heterocycles. The van der Waals surface area contributed by atoms with Gasteiger partial charge in [-0.15, -0.1) is 0 Å². The third kappa shape index (κ3) is 3.98. The van der Waals surface area contributed by atoms with Crippen molar-refractivity contribution in [3.63, 3.8) is 0 Å². The molecule has 0 spiro atoms. The van der Waals surface area contributed by atoms with Gasteiger partial charge in [0.15, 0.2) is 0 Å². The molecule has 4 heteroatoms. The lowest BCUT2D eigenvalue weighted by Gasteiger charge is -2.44. The number of rotatable bonds is 6. The van der Waals surface area contributed by atoms with Crippen molar-refractivity contribution in [2.75, 3.05) is 26.3 Å². The molecular formula is C25H27NO3. The van der Waals surface area contributed by atoms with Gasteiger partial charge in [0.25, 0.3) is 0 Å². The number of hydrogen-bond acceptors (Lipinski definition) is 4. The minimum atomic E-state index is -1.55. The highest BCUT2D eigenvalue weighted by atomic mass is 16.5. The molecule has 2 unspecified atom stereocenters. The molecule has 3 aromatic rings. The van der Waals surface area contributed by atoms with Crippen molar-refractivity contribution in [1.29, 1.82) is 0 Å². The molecule has 4 rings (SSSR count). The average molecular weight is 389 g/mol. The first-order chi connectivity index (χ1) is 14.2. The van der Waals surface area contributed by atoms with Gasteiger partial charge in [0.1, 0.15) is 11.7 Å². The first-order valence-electron chi connectivity index (χ1n) is 10.1. The molecular weight excluding hydrogens is 362 g/mol. The van der Waals surface area contributed by atoms with Gasteiger partial charge in [-0.1, -0.05) is 91.0 Å². The van der Waals surface area contributed by atoms with Gasteiger partial charge in [0, 0.05) is 13.1 Å². The van der Waals surface area contributed by atoms with Crippen molar-refractivity contribution in [2.24, 2.45) is 0 Å². The van der Waals surface area contributed by atoms with Crippen LogP contribution in [0.1, 0.15) is 22.7 Å². The highest BCUT2D eigenvalue weighted by Crippen LogP contribution is 2.40. The van der Waals surface area contributed by atoms with E-state index < -0.39 is 11.7 Å². The number of benzene rings is 3. The summed E-state index contributed by atoms with van der Waals surface area (Å²) >= 11 is 0. The standard InChI is InChI=1S/C25H27NO3/c27-24(23(20-10-4-1-5-11-20)26-16-18-29-19-17-26)25(28,21-12-6-2-7-13-21)22-14-8-3-9-15-22/h1-15,23-24,27-28H,16-19H2. The topological polar surface area (TPSA) is 52.9 Å². The molecule has 29 heavy (non-hydrogen) atoms. The number of nitrogens with zero attached hydrogens (tertiary/aromatic N) is 1. The Morgan fingerprint density at radius 3 is 1.66 bits per heavy atom. The zero-order valence-corrected chi connectivity index (χ0v) is 16.4. The van der Waals surface area contributed by atoms with E-state index in [1.807, 2.05) is 91.0 Å². The maximum Gasteiger partial charge on any atom is 0.142 e. The Morgan fingerprint density at radius 2 is 1.17 bits per heavy atom. The molecule has 1 aliphatic heterocycles. The van der Waals surface area contributed by atoms with Crippen molar-refractivity contribution in [1.82, 2.24) is 4.90 Å². The van der Waals surface area contributed by atoms with E-state index in [9.17, 15) is 10.2 Å². The van der Waals surface area contributed by atoms with Crippen LogP contribution in [-0.2, 0) is 10.3 Å². The van der Waals surface area contributed by atoms with Crippen LogP contribution in [-0.4, -0.2) is 47.5 Å². The van der Waals surface area contributed by atoms with E-state index in [1.54, 1.807) is 0 Å². The van der Waals surface area contributed by atoms with Crippen molar-refractivity contribution < 1.29 is 14.9 Å². The summed E-state index contributed by atoms with van der Waals surface area (Å²) in [6, 6.07) is 28.5. The fraction of sp³-hybridized carbons (Fsp3) is 0.280. The van der Waals surface area contributed by atoms with Gasteiger partial charge >= 0.3 is 0 Å². The lowest BCUT2D eigenvalue weighted by atomic mass is 9.77. The van der Waals surface area contributed by atoms with E-state index in [4.69, 9.17) is 4.74 Å². The third-order valence-electron chi connectivity index (χ3n) is 5.74. The molecule has 1 heterocycles. The van der Waals surface area contributed by atoms with Gasteiger partial charge in [0.2, 0.25) is 0 Å². The van der Waals surface area contributed by atoms with Crippen molar-refractivity contribution in [3.8, 4) is 0 Å². The zero-order valence-electron chi connectivity index (χ0n) is 16.4. The smallest absolute Gasteiger partial charge is 0.142 e. The monoisotopic (exact) mass is 389 g/mol. The second-order valence-corrected chi connectivity index (χ2v) is 7.45. The number of aliphatic hydroxyl groups is 2. The number of ether oxygens (including phenoxy) is 1. The van der Waals surface area contributed by atoms with Crippen LogP contribution in [0, 0.1) is 0 Å². The van der Waals surface area contributed by atoms with Gasteiger partial charge < -0.3 is 14.9 Å². The van der Waals surface area contributed by atoms with E-state index in [0.717, 1.165) is 5.56 Å². The Balaban J connectivity index is 1.83. The van der Waals surface area contributed by atoms with Crippen molar-refractivity contribution in [3.05, 3.63) is 108 Å². The summed E-state index contributed by atoms with van der Waals surface area (Å²) in [6.45, 7) is 2.64. The highest BCUT2D eigenvalue weighted by Gasteiger charge is 2.46. The van der Waals surface area contributed by atoms with Crippen LogP contribution in [0.3, 0.4) is 0 Å². The molecule has 1 fully saturated rings. The van der Waals surface area contributed by atoms with Crippen molar-refractivity contribution >= 4 is 0 Å². The molecule has 4 nitrogen and oxygen atoms in total. The largest absolute Gasteiger partial charge is 0.387 e. The minimum absolute atomic E-state index is 0.370. The molecule has 3 aromatic carbocycles. The molecule has 2 atom stereocenters. The van der Waals surface area contributed by atoms with Crippen molar-refractivity contribution in [2.45, 2.75) is 17.7 Å². The minimum Gasteiger partial charge on any atom is -0.387 e. The second-order valence-electron chi connectivity index (χ2n) is 7.45. The van der Waals surface area contributed by atoms with Gasteiger partial charge in [-0.2, -0.15) is 0 Å². The molecule has 0 bridgehead atoms. The third-order valence-corrected chi connectivity index (χ3v) is 5.74. The van der Waals surface area contributed by atoms with Crippen LogP contribution < -0.4 is 0 Å². The van der Waals surface area contributed by atoms with Crippen LogP contribution in [0.5, 0.6) is 0 Å². The predicted octanol–water partition coefficient (Wildman–Crippen LogP) is 3.36. The molecule has 2 N–H and O–H groups in total. The van der Waals surface area contributed by atoms with E-state index in [-0.39, 0.29) is 6.04 Å². The number of aliphatic hydroxyl groups excluding tert-OH is 1. The average Bonchev–Trinajstić information content (AvgIpc) is 2.81. The predicted molar refractivity (Wildman–Crippen MR) is 113 cm³/mol. The van der Waals surface area contributed by atoms with Crippen LogP contribution in [0.2, 0.25) is 0 Å². The molecule has 0 radical (unpaired) electrons. The van der Waals surface area contributed by atoms with E-state index in [0.29, 0.717) is 37.4 Å². The zero-order chi connectivity index (χ0) is 20.1. The molecule has 0 aliphatic carbocycles. The summed E-state index contributed by atoms with van der Waals surface area (Å²) in [5.41, 5.74) is 0.773. The maximum atomic E-state index is 12.1. The number of morpholine rings is 1. The van der Waals surface area contributed by atoms with Crippen LogP contribution >= 0.6 is 0 Å². The molecule has 0 saturated carbocycles. The van der Waals surface area contributed by atoms with Gasteiger partial charge in [0.05, 0.1) is 19.3 Å². The first-order valence-corrected chi connectivity index (χ1v) is 10.1. The molecule has 150 valence electrons. The fourth-order valence-corrected chi connectivity index (χ4v) is 4.22. The fourth-order valence-electron chi connectivity index (χ4n) is 4.22. The first kappa shape index (κ1) is 19.8. The van der Waals surface area contributed by atoms with E-state index in [2.05, 4.69) is 4.90 Å².